The van der Waals surface area contributed by atoms with Crippen LogP contribution in [0, 0.1) is 10.1 Å². The number of anilines is 1. The topological polar surface area (TPSA) is 81.0 Å². The molecule has 6 nitrogen and oxygen atoms in total. The van der Waals surface area contributed by atoms with Gasteiger partial charge >= 0.3 is 5.69 Å². The minimum Gasteiger partial charge on any atom is -0.377 e. The maximum atomic E-state index is 11.3. The number of nitro groups is 1. The molecule has 0 unspecified atom stereocenters. The predicted molar refractivity (Wildman–Crippen MR) is 74.6 cm³/mol. The second kappa shape index (κ2) is 5.08. The van der Waals surface area contributed by atoms with Crippen molar-refractivity contribution < 1.29 is 4.92 Å². The van der Waals surface area contributed by atoms with E-state index in [1.807, 2.05) is 0 Å². The number of nitrogens with one attached hydrogen (secondary N) is 1. The van der Waals surface area contributed by atoms with E-state index in [0.29, 0.717) is 22.8 Å². The summed E-state index contributed by atoms with van der Waals surface area (Å²) >= 11 is 1.01. The Hall–Kier alpha value is -1.76. The van der Waals surface area contributed by atoms with E-state index < -0.39 is 0 Å². The van der Waals surface area contributed by atoms with Crippen LogP contribution in [0.2, 0.25) is 0 Å². The van der Waals surface area contributed by atoms with E-state index in [-0.39, 0.29) is 10.6 Å². The van der Waals surface area contributed by atoms with Gasteiger partial charge in [0.15, 0.2) is 5.52 Å². The van der Waals surface area contributed by atoms with E-state index in [1.165, 1.54) is 19.3 Å². The zero-order valence-electron chi connectivity index (χ0n) is 10.3. The van der Waals surface area contributed by atoms with Gasteiger partial charge in [0.05, 0.1) is 16.7 Å². The Balaban J connectivity index is 1.97. The predicted octanol–water partition coefficient (Wildman–Crippen LogP) is 3.34. The molecule has 1 heterocycles. The highest BCUT2D eigenvalue weighted by molar-refractivity contribution is 7.00. The smallest absolute Gasteiger partial charge is 0.321 e. The van der Waals surface area contributed by atoms with Gasteiger partial charge in [0.1, 0.15) is 11.2 Å². The molecule has 0 spiro atoms. The Bertz CT molecular complexity index is 607. The van der Waals surface area contributed by atoms with Crippen molar-refractivity contribution >= 4 is 34.1 Å². The molecule has 2 aromatic rings. The summed E-state index contributed by atoms with van der Waals surface area (Å²) in [6, 6.07) is 3.87. The lowest BCUT2D eigenvalue weighted by Gasteiger charge is -2.23. The highest BCUT2D eigenvalue weighted by atomic mass is 32.1. The largest absolute Gasteiger partial charge is 0.377 e. The van der Waals surface area contributed by atoms with Gasteiger partial charge in [0, 0.05) is 6.04 Å². The summed E-state index contributed by atoms with van der Waals surface area (Å²) in [5.41, 5.74) is 1.59. The quantitative estimate of drug-likeness (QED) is 0.688. The molecule has 1 saturated carbocycles. The molecule has 3 rings (SSSR count). The third-order valence-electron chi connectivity index (χ3n) is 3.55. The number of hydrogen-bond donors (Lipinski definition) is 1. The number of rotatable bonds is 3. The van der Waals surface area contributed by atoms with Gasteiger partial charge in [-0.15, -0.1) is 0 Å². The lowest BCUT2D eigenvalue weighted by atomic mass is 9.95. The Labute approximate surface area is 114 Å². The van der Waals surface area contributed by atoms with Gasteiger partial charge in [-0.3, -0.25) is 10.1 Å². The number of nitro benzene ring substituents is 1. The Morgan fingerprint density at radius 1 is 1.26 bits per heavy atom. The van der Waals surface area contributed by atoms with Gasteiger partial charge < -0.3 is 5.32 Å². The number of hydrogen-bond acceptors (Lipinski definition) is 6. The van der Waals surface area contributed by atoms with Crippen molar-refractivity contribution in [1.29, 1.82) is 0 Å². The third-order valence-corrected chi connectivity index (χ3v) is 4.09. The van der Waals surface area contributed by atoms with Crippen molar-refractivity contribution in [3.8, 4) is 0 Å². The molecule has 1 aromatic heterocycles. The molecule has 0 saturated heterocycles. The third kappa shape index (κ3) is 2.37. The first-order valence-electron chi connectivity index (χ1n) is 6.42. The summed E-state index contributed by atoms with van der Waals surface area (Å²) in [4.78, 5) is 10.9. The minimum absolute atomic E-state index is 0.0526. The fourth-order valence-electron chi connectivity index (χ4n) is 2.61. The van der Waals surface area contributed by atoms with E-state index >= 15 is 0 Å². The maximum absolute atomic E-state index is 11.3. The first-order chi connectivity index (χ1) is 9.25. The average molecular weight is 278 g/mol. The van der Waals surface area contributed by atoms with Gasteiger partial charge in [-0.05, 0) is 25.0 Å². The molecule has 0 bridgehead atoms. The summed E-state index contributed by atoms with van der Waals surface area (Å²) in [6.45, 7) is 0. The van der Waals surface area contributed by atoms with Gasteiger partial charge in [0.2, 0.25) is 0 Å². The normalized spacial score (nSPS) is 16.6. The van der Waals surface area contributed by atoms with Gasteiger partial charge in [0.25, 0.3) is 0 Å². The van der Waals surface area contributed by atoms with Crippen LogP contribution in [0.15, 0.2) is 12.1 Å². The van der Waals surface area contributed by atoms with Gasteiger partial charge in [-0.1, -0.05) is 19.3 Å². The SMILES string of the molecule is O=[N+]([O-])c1c(NC2CCCCC2)ccc2nsnc12. The maximum Gasteiger partial charge on any atom is 0.321 e. The Morgan fingerprint density at radius 3 is 2.79 bits per heavy atom. The first-order valence-corrected chi connectivity index (χ1v) is 7.15. The van der Waals surface area contributed by atoms with Crippen molar-refractivity contribution in [2.45, 2.75) is 38.1 Å². The van der Waals surface area contributed by atoms with Crippen molar-refractivity contribution in [1.82, 2.24) is 8.75 Å². The van der Waals surface area contributed by atoms with Crippen molar-refractivity contribution in [2.75, 3.05) is 5.32 Å². The van der Waals surface area contributed by atoms with Crippen molar-refractivity contribution in [3.63, 3.8) is 0 Å². The summed E-state index contributed by atoms with van der Waals surface area (Å²) < 4.78 is 8.09. The van der Waals surface area contributed by atoms with E-state index in [2.05, 4.69) is 14.1 Å². The van der Waals surface area contributed by atoms with Gasteiger partial charge in [-0.2, -0.15) is 8.75 Å². The highest BCUT2D eigenvalue weighted by Crippen LogP contribution is 2.34. The molecule has 0 amide bonds. The van der Waals surface area contributed by atoms with E-state index in [0.717, 1.165) is 24.6 Å². The van der Waals surface area contributed by atoms with Gasteiger partial charge in [-0.25, -0.2) is 0 Å². The van der Waals surface area contributed by atoms with Crippen LogP contribution in [-0.2, 0) is 0 Å². The molecule has 1 N–H and O–H groups in total. The molecule has 7 heteroatoms. The first kappa shape index (κ1) is 12.3. The molecule has 19 heavy (non-hydrogen) atoms. The Kier molecular flexibility index (Phi) is 3.29. The zero-order chi connectivity index (χ0) is 13.2. The molecule has 0 atom stereocenters. The standard InChI is InChI=1S/C12H14N4O2S/c17-16(18)12-10(13-8-4-2-1-3-5-8)7-6-9-11(12)15-19-14-9/h6-8,13H,1-5H2. The average Bonchev–Trinajstić information content (AvgIpc) is 2.87. The van der Waals surface area contributed by atoms with Crippen LogP contribution in [-0.4, -0.2) is 19.7 Å². The zero-order valence-corrected chi connectivity index (χ0v) is 11.2. The Morgan fingerprint density at radius 2 is 2.05 bits per heavy atom. The van der Waals surface area contributed by atoms with E-state index in [1.54, 1.807) is 12.1 Å². The van der Waals surface area contributed by atoms with Crippen LogP contribution >= 0.6 is 11.7 Å². The molecule has 100 valence electrons. The lowest BCUT2D eigenvalue weighted by molar-refractivity contribution is -0.382. The number of nitrogens with zero attached hydrogens (tertiary/aromatic N) is 3. The molecule has 1 aliphatic carbocycles. The summed E-state index contributed by atoms with van der Waals surface area (Å²) in [5, 5.41) is 14.6. The molecule has 1 aliphatic rings. The van der Waals surface area contributed by atoms with Crippen LogP contribution in [0.5, 0.6) is 0 Å². The molecule has 0 radical (unpaired) electrons. The monoisotopic (exact) mass is 278 g/mol. The number of benzene rings is 1. The molecular weight excluding hydrogens is 264 g/mol. The highest BCUT2D eigenvalue weighted by Gasteiger charge is 2.23. The van der Waals surface area contributed by atoms with Crippen LogP contribution in [0.1, 0.15) is 32.1 Å². The number of aromatic nitrogens is 2. The summed E-state index contributed by atoms with van der Waals surface area (Å²) in [7, 11) is 0. The van der Waals surface area contributed by atoms with E-state index in [4.69, 9.17) is 0 Å². The van der Waals surface area contributed by atoms with Crippen molar-refractivity contribution in [3.05, 3.63) is 22.2 Å². The second-order valence-electron chi connectivity index (χ2n) is 4.83. The minimum atomic E-state index is -0.366. The van der Waals surface area contributed by atoms with E-state index in [9.17, 15) is 10.1 Å². The molecule has 0 aliphatic heterocycles. The fourth-order valence-corrected chi connectivity index (χ4v) is 3.14. The molecular formula is C12H14N4O2S. The molecule has 1 fully saturated rings. The van der Waals surface area contributed by atoms with Crippen LogP contribution < -0.4 is 5.32 Å². The van der Waals surface area contributed by atoms with Crippen LogP contribution in [0.25, 0.3) is 11.0 Å². The fraction of sp³-hybridized carbons (Fsp3) is 0.500. The van der Waals surface area contributed by atoms with Crippen LogP contribution in [0.4, 0.5) is 11.4 Å². The number of fused-ring (bicyclic) bond motifs is 1. The second-order valence-corrected chi connectivity index (χ2v) is 5.36. The molecule has 1 aromatic carbocycles. The summed E-state index contributed by atoms with van der Waals surface area (Å²) in [6.07, 6.45) is 5.78. The lowest BCUT2D eigenvalue weighted by Crippen LogP contribution is -2.22. The summed E-state index contributed by atoms with van der Waals surface area (Å²) in [5.74, 6) is 0. The van der Waals surface area contributed by atoms with Crippen LogP contribution in [0.3, 0.4) is 0 Å². The van der Waals surface area contributed by atoms with Crippen molar-refractivity contribution in [2.24, 2.45) is 0 Å².